The zero-order valence-corrected chi connectivity index (χ0v) is 71.7. The number of benzene rings is 10. The molecule has 20 nitrogen and oxygen atoms in total. The van der Waals surface area contributed by atoms with E-state index >= 15 is 0 Å². The fraction of sp³-hybridized carbons (Fsp3) is 0.0698. The van der Waals surface area contributed by atoms with E-state index in [1.165, 1.54) is 211 Å². The standard InChI is InChI=1S/C18H13ClF2N2O2S.C17H10ClF3N2O2S.2C17H11ClF2N2O2S.C17H10F4N2O2S/c1-10-2-7-14(21)13(16(10)19)9-26-18-22-8-15(17(24)25)23(18)12-5-3-11(20)4-6-12;18-12-6-14(21)13(20)5-9(12)8-26-17-22-7-15(16(24)25)23(17)11-3-1-10(19)2-4-11;18-11-1-6-14(20)10(7-11)9-25-17-21-8-15(16(23)24)22(17)13-4-2-12(19)3-5-13;18-14-6-3-12(20)7-10(14)9-25-17-21-8-15(16(23)24)22(17)13-4-1-11(19)2-5-13;18-10-1-3-12(4-2-10)23-14(16(24)25)7-22-17(23)26-8-9-5-11(19)6-13(20)15(9)21/h2-8H,9H2,1H3,(H,24,25);1-7H,8H2,(H,24,25);2*1-8H,9H2,(H,23,24);1-7H,8H2,(H,24,25). The van der Waals surface area contributed by atoms with Crippen LogP contribution in [0.15, 0.2) is 251 Å². The first-order valence-electron chi connectivity index (χ1n) is 36.1. The molecule has 0 aliphatic heterocycles. The summed E-state index contributed by atoms with van der Waals surface area (Å²) in [4.78, 5) is 77.5. The topological polar surface area (TPSA) is 276 Å². The molecule has 5 aromatic heterocycles. The molecule has 10 aromatic carbocycles. The number of hydrogen-bond donors (Lipinski definition) is 5. The van der Waals surface area contributed by atoms with E-state index in [0.717, 1.165) is 89.1 Å². The minimum atomic E-state index is -1.31. The number of halogens is 17. The van der Waals surface area contributed by atoms with Crippen LogP contribution in [-0.2, 0) is 28.8 Å². The Morgan fingerprint density at radius 2 is 0.586 bits per heavy atom. The fourth-order valence-corrected chi connectivity index (χ4v) is 17.3. The molecule has 0 unspecified atom stereocenters. The predicted molar refractivity (Wildman–Crippen MR) is 457 cm³/mol. The van der Waals surface area contributed by atoms with Gasteiger partial charge in [-0.2, -0.15) is 0 Å². The van der Waals surface area contributed by atoms with Crippen LogP contribution in [0.2, 0.25) is 20.1 Å². The summed E-state index contributed by atoms with van der Waals surface area (Å²) in [6.45, 7) is 1.78. The highest BCUT2D eigenvalue weighted by molar-refractivity contribution is 7.99. The Balaban J connectivity index is 0.000000155. The van der Waals surface area contributed by atoms with Crippen molar-refractivity contribution in [2.24, 2.45) is 0 Å². The van der Waals surface area contributed by atoms with Crippen LogP contribution < -0.4 is 0 Å². The summed E-state index contributed by atoms with van der Waals surface area (Å²) in [7, 11) is 0. The highest BCUT2D eigenvalue weighted by atomic mass is 35.5. The third-order valence-electron chi connectivity index (χ3n) is 17.5. The number of aromatic carboxylic acids is 5. The number of thioether (sulfide) groups is 5. The van der Waals surface area contributed by atoms with Crippen molar-refractivity contribution in [1.82, 2.24) is 47.8 Å². The second-order valence-electron chi connectivity index (χ2n) is 26.0. The van der Waals surface area contributed by atoms with Gasteiger partial charge in [0.05, 0.1) is 36.0 Å². The van der Waals surface area contributed by atoms with Crippen LogP contribution in [0.5, 0.6) is 0 Å². The van der Waals surface area contributed by atoms with Crippen LogP contribution in [0.25, 0.3) is 28.4 Å². The van der Waals surface area contributed by atoms with Crippen LogP contribution in [0, 0.1) is 82.5 Å². The smallest absolute Gasteiger partial charge is 0.354 e. The highest BCUT2D eigenvalue weighted by Gasteiger charge is 2.26. The molecule has 0 spiro atoms. The van der Waals surface area contributed by atoms with E-state index in [4.69, 9.17) is 46.4 Å². The van der Waals surface area contributed by atoms with Crippen molar-refractivity contribution < 1.29 is 107 Å². The van der Waals surface area contributed by atoms with Gasteiger partial charge in [0.2, 0.25) is 0 Å². The van der Waals surface area contributed by atoms with Crippen molar-refractivity contribution in [3.05, 3.63) is 383 Å². The van der Waals surface area contributed by atoms with Gasteiger partial charge in [0.15, 0.2) is 77.5 Å². The summed E-state index contributed by atoms with van der Waals surface area (Å²) in [5.74, 6) is -14.4. The molecule has 0 atom stereocenters. The summed E-state index contributed by atoms with van der Waals surface area (Å²) >= 11 is 29.5. The van der Waals surface area contributed by atoms with Gasteiger partial charge in [-0.3, -0.25) is 22.8 Å². The molecule has 42 heteroatoms. The predicted octanol–water partition coefficient (Wildman–Crippen LogP) is 24.0. The lowest BCUT2D eigenvalue weighted by Crippen LogP contribution is -2.07. The number of carbonyl (C=O) groups is 5. The van der Waals surface area contributed by atoms with E-state index < -0.39 is 105 Å². The Hall–Kier alpha value is -12.4. The maximum absolute atomic E-state index is 14.1. The molecule has 5 N–H and O–H groups in total. The minimum Gasteiger partial charge on any atom is -0.477 e. The van der Waals surface area contributed by atoms with Gasteiger partial charge >= 0.3 is 29.8 Å². The molecule has 5 heterocycles. The zero-order valence-electron chi connectivity index (χ0n) is 64.6. The molecule has 15 aromatic rings. The number of carboxylic acid groups (broad SMARTS) is 5. The number of aromatic nitrogens is 10. The first kappa shape index (κ1) is 96.2. The number of rotatable bonds is 25. The molecule has 0 saturated heterocycles. The Bertz CT molecular complexity index is 6450. The number of carboxylic acids is 5. The van der Waals surface area contributed by atoms with Crippen molar-refractivity contribution >= 4 is 135 Å². The SMILES string of the molecule is Cc1ccc(F)c(CSc2ncc(C(=O)O)n2-c2ccc(F)cc2)c1Cl.O=C(O)c1cnc(SCc2cc(Cl)ccc2F)n1-c1ccc(F)cc1.O=C(O)c1cnc(SCc2cc(F)c(F)cc2Cl)n1-c1ccc(F)cc1.O=C(O)c1cnc(SCc2cc(F)cc(F)c2F)n1-c1ccc(F)cc1.O=C(O)c1cnc(SCc2cc(F)ccc2Cl)n1-c1ccc(F)cc1. The molecule has 0 radical (unpaired) electrons. The van der Waals surface area contributed by atoms with Crippen LogP contribution in [0.4, 0.5) is 57.1 Å². The number of hydrogen-bond acceptors (Lipinski definition) is 15. The third-order valence-corrected chi connectivity index (χ3v) is 24.0. The monoisotopic (exact) mass is 1930 g/mol. The molecule has 128 heavy (non-hydrogen) atoms. The molecule has 15 rings (SSSR count). The average Bonchev–Trinajstić information content (AvgIpc) is 1.68. The average molecular weight is 1940 g/mol. The maximum Gasteiger partial charge on any atom is 0.354 e. The maximum atomic E-state index is 14.1. The summed E-state index contributed by atoms with van der Waals surface area (Å²) < 4.78 is 181. The first-order chi connectivity index (χ1) is 61.0. The van der Waals surface area contributed by atoms with Gasteiger partial charge in [-0.25, -0.2) is 106 Å². The Kier molecular flexibility index (Phi) is 33.0. The van der Waals surface area contributed by atoms with Gasteiger partial charge < -0.3 is 25.5 Å². The molecule has 0 aliphatic rings. The van der Waals surface area contributed by atoms with Gasteiger partial charge in [0.25, 0.3) is 0 Å². The molecule has 0 amide bonds. The van der Waals surface area contributed by atoms with Gasteiger partial charge in [-0.1, -0.05) is 111 Å². The van der Waals surface area contributed by atoms with Gasteiger partial charge in [0.1, 0.15) is 52.4 Å². The van der Waals surface area contributed by atoms with Gasteiger partial charge in [-0.15, -0.1) is 0 Å². The Morgan fingerprint density at radius 1 is 0.289 bits per heavy atom. The van der Waals surface area contributed by atoms with Gasteiger partial charge in [-0.05, 0) is 211 Å². The minimum absolute atomic E-state index is 0.0507. The highest BCUT2D eigenvalue weighted by Crippen LogP contribution is 2.37. The fourth-order valence-electron chi connectivity index (χ4n) is 11.4. The first-order valence-corrected chi connectivity index (χ1v) is 42.5. The van der Waals surface area contributed by atoms with E-state index in [1.54, 1.807) is 13.0 Å². The van der Waals surface area contributed by atoms with Crippen LogP contribution >= 0.6 is 105 Å². The van der Waals surface area contributed by atoms with Crippen molar-refractivity contribution in [2.75, 3.05) is 0 Å². The summed E-state index contributed by atoms with van der Waals surface area (Å²) in [6.07, 6.45) is 5.91. The van der Waals surface area contributed by atoms with E-state index in [0.29, 0.717) is 93.0 Å². The summed E-state index contributed by atoms with van der Waals surface area (Å²) in [5, 5.41) is 49.4. The molecule has 658 valence electrons. The molecule has 0 fully saturated rings. The van der Waals surface area contributed by atoms with Crippen molar-refractivity contribution in [3.63, 3.8) is 0 Å². The largest absolute Gasteiger partial charge is 0.477 e. The Morgan fingerprint density at radius 3 is 0.938 bits per heavy atom. The number of aryl methyl sites for hydroxylation is 1. The molecular weight excluding hydrogens is 1880 g/mol. The van der Waals surface area contributed by atoms with E-state index in [1.807, 2.05) is 0 Å². The lowest BCUT2D eigenvalue weighted by Gasteiger charge is -2.11. The molecule has 0 bridgehead atoms. The zero-order chi connectivity index (χ0) is 92.5. The van der Waals surface area contributed by atoms with Crippen molar-refractivity contribution in [1.29, 1.82) is 0 Å². The van der Waals surface area contributed by atoms with E-state index in [9.17, 15) is 107 Å². The third kappa shape index (κ3) is 24.5. The normalized spacial score (nSPS) is 10.9. The van der Waals surface area contributed by atoms with Gasteiger partial charge in [0, 0.05) is 89.5 Å². The molecule has 0 aliphatic carbocycles. The second-order valence-corrected chi connectivity index (χ2v) is 32.3. The summed E-state index contributed by atoms with van der Waals surface area (Å²) in [5.41, 5.74) is 3.71. The number of imidazole rings is 5. The van der Waals surface area contributed by atoms with Crippen LogP contribution in [-0.4, -0.2) is 103 Å². The van der Waals surface area contributed by atoms with Crippen molar-refractivity contribution in [3.8, 4) is 28.4 Å². The molecule has 0 saturated carbocycles. The second kappa shape index (κ2) is 43.9. The Labute approximate surface area is 756 Å². The van der Waals surface area contributed by atoms with Crippen molar-refractivity contribution in [2.45, 2.75) is 61.5 Å². The molecular formula is C86H55Cl4F13N10O10S5. The lowest BCUT2D eigenvalue weighted by atomic mass is 10.1. The van der Waals surface area contributed by atoms with E-state index in [2.05, 4.69) is 24.9 Å². The summed E-state index contributed by atoms with van der Waals surface area (Å²) in [6, 6.07) is 40.7. The lowest BCUT2D eigenvalue weighted by molar-refractivity contribution is 0.0676. The number of nitrogens with zero attached hydrogens (tertiary/aromatic N) is 10. The quantitative estimate of drug-likeness (QED) is 0.0202. The van der Waals surface area contributed by atoms with Crippen LogP contribution in [0.1, 0.15) is 85.8 Å². The van der Waals surface area contributed by atoms with E-state index in [-0.39, 0.29) is 72.4 Å². The van der Waals surface area contributed by atoms with Crippen LogP contribution in [0.3, 0.4) is 0 Å².